The minimum atomic E-state index is -4.45. The zero-order chi connectivity index (χ0) is 14.8. The standard InChI is InChI=1S/C13H10ClF3N2O/c14-10-3-1-2-8(12(10)20)6-18-9-4-5-11(19-7-9)13(15,16)17/h1-5,7,18,20H,6H2. The average molecular weight is 303 g/mol. The molecule has 0 aliphatic carbocycles. The van der Waals surface area contributed by atoms with E-state index in [1.165, 1.54) is 6.07 Å². The molecule has 0 unspecified atom stereocenters. The van der Waals surface area contributed by atoms with E-state index in [2.05, 4.69) is 10.3 Å². The lowest BCUT2D eigenvalue weighted by Gasteiger charge is -2.10. The molecule has 1 aromatic heterocycles. The van der Waals surface area contributed by atoms with Gasteiger partial charge in [0.1, 0.15) is 11.4 Å². The van der Waals surface area contributed by atoms with Crippen LogP contribution in [0.2, 0.25) is 5.02 Å². The number of halogens is 4. The lowest BCUT2D eigenvalue weighted by Crippen LogP contribution is -2.08. The van der Waals surface area contributed by atoms with Crippen molar-refractivity contribution in [3.05, 3.63) is 52.8 Å². The summed E-state index contributed by atoms with van der Waals surface area (Å²) >= 11 is 5.75. The van der Waals surface area contributed by atoms with Crippen molar-refractivity contribution in [2.75, 3.05) is 5.32 Å². The highest BCUT2D eigenvalue weighted by Crippen LogP contribution is 2.29. The number of nitrogens with zero attached hydrogens (tertiary/aromatic N) is 1. The van der Waals surface area contributed by atoms with Gasteiger partial charge >= 0.3 is 6.18 Å². The van der Waals surface area contributed by atoms with E-state index in [1.807, 2.05) is 0 Å². The van der Waals surface area contributed by atoms with Gasteiger partial charge in [0.05, 0.1) is 16.9 Å². The number of alkyl halides is 3. The average Bonchev–Trinajstić information content (AvgIpc) is 2.40. The van der Waals surface area contributed by atoms with Gasteiger partial charge in [0, 0.05) is 12.1 Å². The lowest BCUT2D eigenvalue weighted by molar-refractivity contribution is -0.141. The first-order valence-electron chi connectivity index (χ1n) is 5.61. The summed E-state index contributed by atoms with van der Waals surface area (Å²) in [5.41, 5.74) is 0.00317. The minimum absolute atomic E-state index is 0.0541. The van der Waals surface area contributed by atoms with Gasteiger partial charge in [-0.15, -0.1) is 0 Å². The molecule has 0 spiro atoms. The molecule has 0 atom stereocenters. The SMILES string of the molecule is Oc1c(Cl)cccc1CNc1ccc(C(F)(F)F)nc1. The van der Waals surface area contributed by atoms with E-state index in [0.717, 1.165) is 12.3 Å². The Morgan fingerprint density at radius 2 is 1.95 bits per heavy atom. The Morgan fingerprint density at radius 1 is 1.20 bits per heavy atom. The Kier molecular flexibility index (Phi) is 4.04. The number of hydrogen-bond donors (Lipinski definition) is 2. The van der Waals surface area contributed by atoms with Gasteiger partial charge in [0.15, 0.2) is 0 Å². The van der Waals surface area contributed by atoms with Crippen molar-refractivity contribution in [3.8, 4) is 5.75 Å². The molecule has 0 saturated heterocycles. The van der Waals surface area contributed by atoms with Gasteiger partial charge in [-0.05, 0) is 18.2 Å². The molecular weight excluding hydrogens is 293 g/mol. The molecule has 0 fully saturated rings. The van der Waals surface area contributed by atoms with Crippen LogP contribution < -0.4 is 5.32 Å². The number of para-hydroxylation sites is 1. The molecule has 2 rings (SSSR count). The van der Waals surface area contributed by atoms with Crippen LogP contribution in [-0.2, 0) is 12.7 Å². The Hall–Kier alpha value is -1.95. The summed E-state index contributed by atoms with van der Waals surface area (Å²) in [6.45, 7) is 0.222. The van der Waals surface area contributed by atoms with E-state index in [0.29, 0.717) is 11.3 Å². The summed E-state index contributed by atoms with van der Waals surface area (Å²) < 4.78 is 37.0. The van der Waals surface area contributed by atoms with Gasteiger partial charge in [-0.1, -0.05) is 23.7 Å². The van der Waals surface area contributed by atoms with E-state index < -0.39 is 11.9 Å². The molecule has 0 aliphatic rings. The maximum atomic E-state index is 12.3. The maximum absolute atomic E-state index is 12.3. The quantitative estimate of drug-likeness (QED) is 0.898. The van der Waals surface area contributed by atoms with Gasteiger partial charge in [0.25, 0.3) is 0 Å². The monoisotopic (exact) mass is 302 g/mol. The molecule has 106 valence electrons. The Bertz CT molecular complexity index is 600. The number of anilines is 1. The number of benzene rings is 1. The minimum Gasteiger partial charge on any atom is -0.506 e. The van der Waals surface area contributed by atoms with Crippen LogP contribution in [0.25, 0.3) is 0 Å². The van der Waals surface area contributed by atoms with E-state index in [-0.39, 0.29) is 17.3 Å². The van der Waals surface area contributed by atoms with Crippen LogP contribution in [0, 0.1) is 0 Å². The summed E-state index contributed by atoms with van der Waals surface area (Å²) in [6.07, 6.45) is -3.37. The fraction of sp³-hybridized carbons (Fsp3) is 0.154. The van der Waals surface area contributed by atoms with E-state index >= 15 is 0 Å². The highest BCUT2D eigenvalue weighted by molar-refractivity contribution is 6.32. The smallest absolute Gasteiger partial charge is 0.433 e. The lowest BCUT2D eigenvalue weighted by atomic mass is 10.2. The number of phenolic OH excluding ortho intramolecular Hbond substituents is 1. The molecule has 0 bridgehead atoms. The molecule has 3 nitrogen and oxygen atoms in total. The molecule has 7 heteroatoms. The molecular formula is C13H10ClF3N2O. The summed E-state index contributed by atoms with van der Waals surface area (Å²) in [4.78, 5) is 3.33. The van der Waals surface area contributed by atoms with Crippen molar-refractivity contribution in [1.82, 2.24) is 4.98 Å². The first-order chi connectivity index (χ1) is 9.38. The van der Waals surface area contributed by atoms with Crippen LogP contribution in [0.1, 0.15) is 11.3 Å². The van der Waals surface area contributed by atoms with Crippen molar-refractivity contribution in [2.45, 2.75) is 12.7 Å². The number of hydrogen-bond acceptors (Lipinski definition) is 3. The predicted molar refractivity (Wildman–Crippen MR) is 69.7 cm³/mol. The fourth-order valence-corrected chi connectivity index (χ4v) is 1.76. The summed E-state index contributed by atoms with van der Waals surface area (Å²) in [5, 5.41) is 12.8. The van der Waals surface area contributed by atoms with Crippen LogP contribution in [0.3, 0.4) is 0 Å². The molecule has 0 saturated carbocycles. The van der Waals surface area contributed by atoms with Gasteiger partial charge in [-0.25, -0.2) is 4.98 Å². The first kappa shape index (κ1) is 14.5. The second-order valence-electron chi connectivity index (χ2n) is 4.03. The summed E-state index contributed by atoms with van der Waals surface area (Å²) in [6, 6.07) is 7.04. The summed E-state index contributed by atoms with van der Waals surface area (Å²) in [7, 11) is 0. The van der Waals surface area contributed by atoms with Crippen LogP contribution in [-0.4, -0.2) is 10.1 Å². The van der Waals surface area contributed by atoms with Crippen molar-refractivity contribution in [3.63, 3.8) is 0 Å². The number of rotatable bonds is 3. The van der Waals surface area contributed by atoms with Gasteiger partial charge in [0.2, 0.25) is 0 Å². The van der Waals surface area contributed by atoms with Gasteiger partial charge in [-0.3, -0.25) is 0 Å². The van der Waals surface area contributed by atoms with E-state index in [4.69, 9.17) is 11.6 Å². The third kappa shape index (κ3) is 3.33. The molecule has 2 N–H and O–H groups in total. The second kappa shape index (κ2) is 5.58. The third-order valence-corrected chi connectivity index (χ3v) is 2.91. The van der Waals surface area contributed by atoms with Crippen molar-refractivity contribution in [2.24, 2.45) is 0 Å². The van der Waals surface area contributed by atoms with E-state index in [1.54, 1.807) is 18.2 Å². The normalized spacial score (nSPS) is 11.4. The molecule has 1 aromatic carbocycles. The largest absolute Gasteiger partial charge is 0.506 e. The van der Waals surface area contributed by atoms with Crippen LogP contribution in [0.5, 0.6) is 5.75 Å². The van der Waals surface area contributed by atoms with E-state index in [9.17, 15) is 18.3 Å². The summed E-state index contributed by atoms with van der Waals surface area (Å²) in [5.74, 6) is -0.0541. The predicted octanol–water partition coefficient (Wildman–Crippen LogP) is 4.07. The Labute approximate surface area is 118 Å². The number of pyridine rings is 1. The highest BCUT2D eigenvalue weighted by atomic mass is 35.5. The van der Waals surface area contributed by atoms with Gasteiger partial charge < -0.3 is 10.4 Å². The Balaban J connectivity index is 2.06. The number of aromatic nitrogens is 1. The van der Waals surface area contributed by atoms with Gasteiger partial charge in [-0.2, -0.15) is 13.2 Å². The maximum Gasteiger partial charge on any atom is 0.433 e. The number of aromatic hydroxyl groups is 1. The third-order valence-electron chi connectivity index (χ3n) is 2.61. The fourth-order valence-electron chi connectivity index (χ4n) is 1.57. The highest BCUT2D eigenvalue weighted by Gasteiger charge is 2.31. The molecule has 20 heavy (non-hydrogen) atoms. The molecule has 1 heterocycles. The van der Waals surface area contributed by atoms with Crippen molar-refractivity contribution in [1.29, 1.82) is 0 Å². The van der Waals surface area contributed by atoms with Crippen LogP contribution >= 0.6 is 11.6 Å². The van der Waals surface area contributed by atoms with Crippen LogP contribution in [0.4, 0.5) is 18.9 Å². The first-order valence-corrected chi connectivity index (χ1v) is 5.99. The molecule has 0 aliphatic heterocycles. The Morgan fingerprint density at radius 3 is 2.55 bits per heavy atom. The molecule has 2 aromatic rings. The number of nitrogens with one attached hydrogen (secondary N) is 1. The van der Waals surface area contributed by atoms with Crippen LogP contribution in [0.15, 0.2) is 36.5 Å². The zero-order valence-corrected chi connectivity index (χ0v) is 10.8. The van der Waals surface area contributed by atoms with Crippen molar-refractivity contribution >= 4 is 17.3 Å². The molecule has 0 amide bonds. The topological polar surface area (TPSA) is 45.1 Å². The zero-order valence-electron chi connectivity index (χ0n) is 10.1. The number of phenols is 1. The second-order valence-corrected chi connectivity index (χ2v) is 4.44. The molecule has 0 radical (unpaired) electrons. The van der Waals surface area contributed by atoms with Crippen molar-refractivity contribution < 1.29 is 18.3 Å².